The molecular weight excluding hydrogens is 298 g/mol. The third kappa shape index (κ3) is 3.39. The minimum atomic E-state index is -1.05. The number of carbonyl (C=O) groups excluding carboxylic acids is 1. The summed E-state index contributed by atoms with van der Waals surface area (Å²) in [5, 5.41) is 11.9. The summed E-state index contributed by atoms with van der Waals surface area (Å²) in [5.41, 5.74) is -0.752. The standard InChI is InChI=1S/C14H16ClNO5/c1-14(2,13(18)19)7-16-12(17)8-5-9(15)11-10(6-8)20-3-4-21-11/h5-6H,3-4,7H2,1-2H3,(H,16,17)(H,18,19). The number of rotatable bonds is 4. The van der Waals surface area contributed by atoms with Gasteiger partial charge in [-0.1, -0.05) is 11.6 Å². The number of aliphatic carboxylic acids is 1. The van der Waals surface area contributed by atoms with Gasteiger partial charge in [-0.2, -0.15) is 0 Å². The van der Waals surface area contributed by atoms with E-state index >= 15 is 0 Å². The fourth-order valence-corrected chi connectivity index (χ4v) is 1.99. The first kappa shape index (κ1) is 15.4. The number of carboxylic acids is 1. The van der Waals surface area contributed by atoms with E-state index in [4.69, 9.17) is 26.2 Å². The van der Waals surface area contributed by atoms with Crippen LogP contribution in [0.25, 0.3) is 0 Å². The Morgan fingerprint density at radius 2 is 2.00 bits per heavy atom. The second kappa shape index (κ2) is 5.81. The predicted octanol–water partition coefficient (Wildman–Crippen LogP) is 1.95. The summed E-state index contributed by atoms with van der Waals surface area (Å²) < 4.78 is 10.8. The van der Waals surface area contributed by atoms with Crippen LogP contribution in [0.3, 0.4) is 0 Å². The quantitative estimate of drug-likeness (QED) is 0.887. The summed E-state index contributed by atoms with van der Waals surface area (Å²) in [6.07, 6.45) is 0. The van der Waals surface area contributed by atoms with Gasteiger partial charge in [-0.15, -0.1) is 0 Å². The van der Waals surface area contributed by atoms with Crippen LogP contribution in [-0.2, 0) is 4.79 Å². The van der Waals surface area contributed by atoms with E-state index in [1.165, 1.54) is 26.0 Å². The number of hydrogen-bond acceptors (Lipinski definition) is 4. The first-order valence-corrected chi connectivity index (χ1v) is 6.80. The second-order valence-corrected chi connectivity index (χ2v) is 5.76. The maximum atomic E-state index is 12.1. The number of benzene rings is 1. The van der Waals surface area contributed by atoms with Gasteiger partial charge in [-0.25, -0.2) is 0 Å². The minimum absolute atomic E-state index is 0.00717. The van der Waals surface area contributed by atoms with Gasteiger partial charge in [0.05, 0.1) is 10.4 Å². The molecule has 0 aliphatic carbocycles. The molecule has 1 aromatic carbocycles. The van der Waals surface area contributed by atoms with Gasteiger partial charge in [0.15, 0.2) is 11.5 Å². The number of amides is 1. The number of nitrogens with one attached hydrogen (secondary N) is 1. The summed E-state index contributed by atoms with van der Waals surface area (Å²) in [6.45, 7) is 3.87. The largest absolute Gasteiger partial charge is 0.486 e. The van der Waals surface area contributed by atoms with Crippen molar-refractivity contribution in [2.75, 3.05) is 19.8 Å². The van der Waals surface area contributed by atoms with Crippen molar-refractivity contribution in [1.29, 1.82) is 0 Å². The third-order valence-electron chi connectivity index (χ3n) is 3.13. The summed E-state index contributed by atoms with van der Waals surface area (Å²) in [6, 6.07) is 3.00. The van der Waals surface area contributed by atoms with E-state index in [1.54, 1.807) is 0 Å². The lowest BCUT2D eigenvalue weighted by molar-refractivity contribution is -0.146. The van der Waals surface area contributed by atoms with Crippen LogP contribution in [0.1, 0.15) is 24.2 Å². The highest BCUT2D eigenvalue weighted by molar-refractivity contribution is 6.32. The Balaban J connectivity index is 2.13. The molecule has 0 bridgehead atoms. The molecule has 1 aromatic rings. The van der Waals surface area contributed by atoms with Crippen molar-refractivity contribution in [2.24, 2.45) is 5.41 Å². The molecule has 1 heterocycles. The highest BCUT2D eigenvalue weighted by Crippen LogP contribution is 2.38. The molecule has 2 rings (SSSR count). The molecule has 0 unspecified atom stereocenters. The fourth-order valence-electron chi connectivity index (χ4n) is 1.72. The van der Waals surface area contributed by atoms with E-state index in [0.717, 1.165) is 0 Å². The molecule has 1 amide bonds. The van der Waals surface area contributed by atoms with Crippen molar-refractivity contribution in [3.63, 3.8) is 0 Å². The van der Waals surface area contributed by atoms with Gasteiger partial charge in [-0.05, 0) is 26.0 Å². The lowest BCUT2D eigenvalue weighted by Crippen LogP contribution is -2.38. The zero-order valence-corrected chi connectivity index (χ0v) is 12.5. The molecule has 1 aliphatic rings. The number of halogens is 1. The Hall–Kier alpha value is -1.95. The Kier molecular flexibility index (Phi) is 4.27. The van der Waals surface area contributed by atoms with Crippen LogP contribution in [0.2, 0.25) is 5.02 Å². The van der Waals surface area contributed by atoms with Crippen LogP contribution < -0.4 is 14.8 Å². The molecule has 0 radical (unpaired) electrons. The molecule has 0 saturated heterocycles. The lowest BCUT2D eigenvalue weighted by Gasteiger charge is -2.21. The molecule has 114 valence electrons. The molecule has 0 atom stereocenters. The SMILES string of the molecule is CC(C)(CNC(=O)c1cc(Cl)c2c(c1)OCCO2)C(=O)O. The molecule has 1 aliphatic heterocycles. The second-order valence-electron chi connectivity index (χ2n) is 5.35. The average Bonchev–Trinajstić information content (AvgIpc) is 2.44. The predicted molar refractivity (Wildman–Crippen MR) is 76.2 cm³/mol. The highest BCUT2D eigenvalue weighted by atomic mass is 35.5. The smallest absolute Gasteiger partial charge is 0.310 e. The van der Waals surface area contributed by atoms with Crippen LogP contribution in [-0.4, -0.2) is 36.7 Å². The number of carbonyl (C=O) groups is 2. The topological polar surface area (TPSA) is 84.9 Å². The van der Waals surface area contributed by atoms with Crippen LogP contribution >= 0.6 is 11.6 Å². The third-order valence-corrected chi connectivity index (χ3v) is 3.41. The molecule has 2 N–H and O–H groups in total. The van der Waals surface area contributed by atoms with Crippen molar-refractivity contribution < 1.29 is 24.2 Å². The number of carboxylic acid groups (broad SMARTS) is 1. The number of ether oxygens (including phenoxy) is 2. The van der Waals surface area contributed by atoms with Crippen molar-refractivity contribution in [2.45, 2.75) is 13.8 Å². The zero-order chi connectivity index (χ0) is 15.6. The Morgan fingerprint density at radius 1 is 1.33 bits per heavy atom. The van der Waals surface area contributed by atoms with Crippen molar-refractivity contribution in [1.82, 2.24) is 5.32 Å². The average molecular weight is 314 g/mol. The zero-order valence-electron chi connectivity index (χ0n) is 11.7. The van der Waals surface area contributed by atoms with E-state index in [9.17, 15) is 9.59 Å². The maximum Gasteiger partial charge on any atom is 0.310 e. The van der Waals surface area contributed by atoms with Crippen LogP contribution in [0.5, 0.6) is 11.5 Å². The van der Waals surface area contributed by atoms with Crippen molar-refractivity contribution >= 4 is 23.5 Å². The molecule has 0 saturated carbocycles. The normalized spacial score (nSPS) is 13.7. The molecule has 6 nitrogen and oxygen atoms in total. The number of hydrogen-bond donors (Lipinski definition) is 2. The molecule has 21 heavy (non-hydrogen) atoms. The Morgan fingerprint density at radius 3 is 2.67 bits per heavy atom. The van der Waals surface area contributed by atoms with Gasteiger partial charge >= 0.3 is 5.97 Å². The van der Waals surface area contributed by atoms with Crippen LogP contribution in [0.4, 0.5) is 0 Å². The van der Waals surface area contributed by atoms with E-state index in [2.05, 4.69) is 5.32 Å². The Bertz CT molecular complexity index is 585. The van der Waals surface area contributed by atoms with Gasteiger partial charge in [-0.3, -0.25) is 9.59 Å². The maximum absolute atomic E-state index is 12.1. The van der Waals surface area contributed by atoms with Crippen LogP contribution in [0.15, 0.2) is 12.1 Å². The van der Waals surface area contributed by atoms with Gasteiger partial charge in [0.1, 0.15) is 13.2 Å². The minimum Gasteiger partial charge on any atom is -0.486 e. The van der Waals surface area contributed by atoms with Crippen molar-refractivity contribution in [3.8, 4) is 11.5 Å². The van der Waals surface area contributed by atoms with Crippen molar-refractivity contribution in [3.05, 3.63) is 22.7 Å². The van der Waals surface area contributed by atoms with E-state index in [0.29, 0.717) is 30.3 Å². The van der Waals surface area contributed by atoms with E-state index in [-0.39, 0.29) is 11.6 Å². The lowest BCUT2D eigenvalue weighted by atomic mass is 9.94. The molecular formula is C14H16ClNO5. The highest BCUT2D eigenvalue weighted by Gasteiger charge is 2.28. The summed E-state index contributed by atoms with van der Waals surface area (Å²) >= 11 is 6.05. The molecule has 0 spiro atoms. The summed E-state index contributed by atoms with van der Waals surface area (Å²) in [7, 11) is 0. The van der Waals surface area contributed by atoms with Crippen LogP contribution in [0, 0.1) is 5.41 Å². The summed E-state index contributed by atoms with van der Waals surface area (Å²) in [4.78, 5) is 23.1. The fraction of sp³-hybridized carbons (Fsp3) is 0.429. The monoisotopic (exact) mass is 313 g/mol. The summed E-state index contributed by atoms with van der Waals surface area (Å²) in [5.74, 6) is -0.562. The van der Waals surface area contributed by atoms with Gasteiger partial charge < -0.3 is 19.9 Å². The number of fused-ring (bicyclic) bond motifs is 1. The first-order chi connectivity index (χ1) is 9.81. The molecule has 7 heteroatoms. The molecule has 0 aromatic heterocycles. The molecule has 0 fully saturated rings. The first-order valence-electron chi connectivity index (χ1n) is 6.42. The van der Waals surface area contributed by atoms with E-state index in [1.807, 2.05) is 0 Å². The van der Waals surface area contributed by atoms with Gasteiger partial charge in [0.25, 0.3) is 5.91 Å². The van der Waals surface area contributed by atoms with Gasteiger partial charge in [0.2, 0.25) is 0 Å². The van der Waals surface area contributed by atoms with Gasteiger partial charge in [0, 0.05) is 12.1 Å². The Labute approximate surface area is 127 Å². The van der Waals surface area contributed by atoms with E-state index < -0.39 is 17.3 Å².